The molecule has 10 nitrogen and oxygen atoms in total. The molecule has 1 aromatic carbocycles. The summed E-state index contributed by atoms with van der Waals surface area (Å²) in [4.78, 5) is 41.9. The number of likely N-dealkylation sites (N-methyl/N-ethyl adjacent to an activating group) is 1. The van der Waals surface area contributed by atoms with Crippen LogP contribution in [0.2, 0.25) is 0 Å². The third kappa shape index (κ3) is 6.74. The third-order valence-corrected chi connectivity index (χ3v) is 3.97. The fraction of sp³-hybridized carbons (Fsp3) is 0.300. The zero-order chi connectivity index (χ0) is 22.1. The number of carbonyl (C=O) groups is 3. The van der Waals surface area contributed by atoms with Crippen molar-refractivity contribution in [2.75, 3.05) is 39.7 Å². The van der Waals surface area contributed by atoms with Crippen molar-refractivity contribution in [2.45, 2.75) is 6.92 Å². The highest BCUT2D eigenvalue weighted by molar-refractivity contribution is 5.96. The first-order chi connectivity index (χ1) is 14.3. The number of benzene rings is 1. The van der Waals surface area contributed by atoms with Gasteiger partial charge in [0.25, 0.3) is 11.8 Å². The van der Waals surface area contributed by atoms with E-state index < -0.39 is 11.8 Å². The standard InChI is InChI=1S/C20H25N5O5/c1-13-7-8-21-17(9-13)22-18(26)11-25(2)12-19(27)23-24-20(28)14-5-6-15(29-3)16(10-14)30-4/h5-10H,11-12H2,1-4H3,(H,23,27)(H,24,28)(H,21,22,26). The van der Waals surface area contributed by atoms with Crippen LogP contribution in [0.5, 0.6) is 11.5 Å². The Hall–Kier alpha value is -3.66. The van der Waals surface area contributed by atoms with Crippen molar-refractivity contribution in [3.05, 3.63) is 47.7 Å². The molecule has 0 saturated heterocycles. The lowest BCUT2D eigenvalue weighted by molar-refractivity contribution is -0.123. The fourth-order valence-electron chi connectivity index (χ4n) is 2.55. The molecule has 3 amide bonds. The molecule has 0 bridgehead atoms. The van der Waals surface area contributed by atoms with Gasteiger partial charge in [0, 0.05) is 11.8 Å². The maximum atomic E-state index is 12.2. The van der Waals surface area contributed by atoms with Gasteiger partial charge in [-0.05, 0) is 49.9 Å². The van der Waals surface area contributed by atoms with Gasteiger partial charge in [0.15, 0.2) is 11.5 Å². The second-order valence-electron chi connectivity index (χ2n) is 6.51. The molecular weight excluding hydrogens is 390 g/mol. The van der Waals surface area contributed by atoms with Crippen LogP contribution < -0.4 is 25.6 Å². The Morgan fingerprint density at radius 1 is 0.967 bits per heavy atom. The van der Waals surface area contributed by atoms with E-state index in [2.05, 4.69) is 21.2 Å². The van der Waals surface area contributed by atoms with Crippen molar-refractivity contribution >= 4 is 23.5 Å². The Labute approximate surface area is 174 Å². The number of carbonyl (C=O) groups excluding carboxylic acids is 3. The molecule has 0 fully saturated rings. The van der Waals surface area contributed by atoms with Crippen molar-refractivity contribution < 1.29 is 23.9 Å². The number of hydrogen-bond acceptors (Lipinski definition) is 7. The topological polar surface area (TPSA) is 122 Å². The molecule has 2 rings (SSSR count). The first-order valence-corrected chi connectivity index (χ1v) is 9.04. The van der Waals surface area contributed by atoms with E-state index in [9.17, 15) is 14.4 Å². The van der Waals surface area contributed by atoms with Gasteiger partial charge in [-0.1, -0.05) is 0 Å². The highest BCUT2D eigenvalue weighted by Crippen LogP contribution is 2.27. The van der Waals surface area contributed by atoms with Crippen molar-refractivity contribution in [3.63, 3.8) is 0 Å². The maximum Gasteiger partial charge on any atom is 0.269 e. The SMILES string of the molecule is COc1ccc(C(=O)NNC(=O)CN(C)CC(=O)Nc2cc(C)ccn2)cc1OC. The van der Waals surface area contributed by atoms with Gasteiger partial charge in [-0.15, -0.1) is 0 Å². The van der Waals surface area contributed by atoms with Crippen molar-refractivity contribution in [2.24, 2.45) is 0 Å². The second kappa shape index (κ2) is 10.8. The summed E-state index contributed by atoms with van der Waals surface area (Å²) in [6.07, 6.45) is 1.60. The van der Waals surface area contributed by atoms with Gasteiger partial charge in [0.05, 0.1) is 27.3 Å². The molecule has 1 aromatic heterocycles. The Kier molecular flexibility index (Phi) is 8.12. The van der Waals surface area contributed by atoms with Crippen LogP contribution in [0.15, 0.2) is 36.5 Å². The number of nitrogens with zero attached hydrogens (tertiary/aromatic N) is 2. The predicted molar refractivity (Wildman–Crippen MR) is 110 cm³/mol. The number of aryl methyl sites for hydroxylation is 1. The number of amides is 3. The number of methoxy groups -OCH3 is 2. The van der Waals surface area contributed by atoms with E-state index in [0.717, 1.165) is 5.56 Å². The van der Waals surface area contributed by atoms with Crippen LogP contribution in [0.3, 0.4) is 0 Å². The molecule has 0 aliphatic heterocycles. The number of hydrogen-bond donors (Lipinski definition) is 3. The molecule has 10 heteroatoms. The van der Waals surface area contributed by atoms with Crippen LogP contribution in [0, 0.1) is 6.92 Å². The van der Waals surface area contributed by atoms with E-state index in [1.165, 1.54) is 25.2 Å². The van der Waals surface area contributed by atoms with Crippen molar-refractivity contribution in [1.29, 1.82) is 0 Å². The summed E-state index contributed by atoms with van der Waals surface area (Å²) < 4.78 is 10.3. The molecule has 0 aliphatic rings. The Balaban J connectivity index is 1.79. The van der Waals surface area contributed by atoms with Crippen LogP contribution in [0.25, 0.3) is 0 Å². The number of aromatic nitrogens is 1. The fourth-order valence-corrected chi connectivity index (χ4v) is 2.55. The summed E-state index contributed by atoms with van der Waals surface area (Å²) in [6.45, 7) is 1.78. The minimum atomic E-state index is -0.518. The maximum absolute atomic E-state index is 12.2. The van der Waals surface area contributed by atoms with E-state index >= 15 is 0 Å². The van der Waals surface area contributed by atoms with E-state index in [0.29, 0.717) is 17.3 Å². The summed E-state index contributed by atoms with van der Waals surface area (Å²) in [5.74, 6) is 0.0185. The van der Waals surface area contributed by atoms with Crippen LogP contribution in [-0.4, -0.2) is 62.0 Å². The first-order valence-electron chi connectivity index (χ1n) is 9.04. The molecule has 160 valence electrons. The Morgan fingerprint density at radius 2 is 1.67 bits per heavy atom. The molecular formula is C20H25N5O5. The molecule has 0 spiro atoms. The monoisotopic (exact) mass is 415 g/mol. The quantitative estimate of drug-likeness (QED) is 0.544. The normalized spacial score (nSPS) is 10.3. The van der Waals surface area contributed by atoms with Gasteiger partial charge in [-0.25, -0.2) is 4.98 Å². The third-order valence-electron chi connectivity index (χ3n) is 3.97. The molecule has 0 unspecified atom stereocenters. The molecule has 30 heavy (non-hydrogen) atoms. The van der Waals surface area contributed by atoms with Crippen LogP contribution in [0.1, 0.15) is 15.9 Å². The predicted octanol–water partition coefficient (Wildman–Crippen LogP) is 0.739. The number of pyridine rings is 1. The number of ether oxygens (including phenoxy) is 2. The number of hydrazine groups is 1. The first kappa shape index (κ1) is 22.6. The summed E-state index contributed by atoms with van der Waals surface area (Å²) >= 11 is 0. The molecule has 3 N–H and O–H groups in total. The summed E-state index contributed by atoms with van der Waals surface area (Å²) in [6, 6.07) is 8.19. The van der Waals surface area contributed by atoms with Gasteiger partial charge < -0.3 is 14.8 Å². The van der Waals surface area contributed by atoms with Crippen LogP contribution in [0.4, 0.5) is 5.82 Å². The second-order valence-corrected chi connectivity index (χ2v) is 6.51. The van der Waals surface area contributed by atoms with Gasteiger partial charge in [-0.2, -0.15) is 0 Å². The number of rotatable bonds is 8. The highest BCUT2D eigenvalue weighted by Gasteiger charge is 2.14. The van der Waals surface area contributed by atoms with E-state index in [1.54, 1.807) is 31.4 Å². The van der Waals surface area contributed by atoms with Gasteiger partial charge in [-0.3, -0.25) is 30.1 Å². The largest absolute Gasteiger partial charge is 0.493 e. The van der Waals surface area contributed by atoms with Crippen LogP contribution >= 0.6 is 0 Å². The minimum absolute atomic E-state index is 0.0212. The lowest BCUT2D eigenvalue weighted by atomic mass is 10.2. The summed E-state index contributed by atoms with van der Waals surface area (Å²) in [5.41, 5.74) is 5.89. The average molecular weight is 415 g/mol. The van der Waals surface area contributed by atoms with Gasteiger partial charge in [0.2, 0.25) is 5.91 Å². The molecule has 0 radical (unpaired) electrons. The number of nitrogens with one attached hydrogen (secondary N) is 3. The van der Waals surface area contributed by atoms with Crippen LogP contribution in [-0.2, 0) is 9.59 Å². The molecule has 0 aliphatic carbocycles. The Morgan fingerprint density at radius 3 is 2.33 bits per heavy atom. The average Bonchev–Trinajstić information content (AvgIpc) is 2.71. The molecule has 0 saturated carbocycles. The summed E-state index contributed by atoms with van der Waals surface area (Å²) in [5, 5.41) is 2.66. The van der Waals surface area contributed by atoms with Crippen molar-refractivity contribution in [1.82, 2.24) is 20.7 Å². The number of anilines is 1. The molecule has 2 aromatic rings. The van der Waals surface area contributed by atoms with E-state index in [1.807, 2.05) is 13.0 Å². The zero-order valence-corrected chi connectivity index (χ0v) is 17.3. The van der Waals surface area contributed by atoms with E-state index in [4.69, 9.17) is 9.47 Å². The van der Waals surface area contributed by atoms with Gasteiger partial charge >= 0.3 is 0 Å². The minimum Gasteiger partial charge on any atom is -0.493 e. The highest BCUT2D eigenvalue weighted by atomic mass is 16.5. The molecule has 1 heterocycles. The van der Waals surface area contributed by atoms with Gasteiger partial charge in [0.1, 0.15) is 5.82 Å². The van der Waals surface area contributed by atoms with E-state index in [-0.39, 0.29) is 24.6 Å². The Bertz CT molecular complexity index is 918. The zero-order valence-electron chi connectivity index (χ0n) is 17.3. The lowest BCUT2D eigenvalue weighted by Crippen LogP contribution is -2.46. The molecule has 0 atom stereocenters. The van der Waals surface area contributed by atoms with Crippen molar-refractivity contribution in [3.8, 4) is 11.5 Å². The lowest BCUT2D eigenvalue weighted by Gasteiger charge is -2.16. The summed E-state index contributed by atoms with van der Waals surface area (Å²) in [7, 11) is 4.56. The smallest absolute Gasteiger partial charge is 0.269 e.